The van der Waals surface area contributed by atoms with Crippen LogP contribution in [0.25, 0.3) is 0 Å². The van der Waals surface area contributed by atoms with Crippen LogP contribution in [0.4, 0.5) is 0 Å². The van der Waals surface area contributed by atoms with Crippen LogP contribution in [0.3, 0.4) is 0 Å². The van der Waals surface area contributed by atoms with E-state index in [2.05, 4.69) is 27.8 Å². The predicted molar refractivity (Wildman–Crippen MR) is 113 cm³/mol. The highest BCUT2D eigenvalue weighted by Gasteiger charge is 2.34. The van der Waals surface area contributed by atoms with Crippen molar-refractivity contribution in [2.75, 3.05) is 19.8 Å². The van der Waals surface area contributed by atoms with Crippen LogP contribution in [0.15, 0.2) is 48.7 Å². The highest BCUT2D eigenvalue weighted by molar-refractivity contribution is 5.85. The summed E-state index contributed by atoms with van der Waals surface area (Å²) in [5.41, 5.74) is 2.23. The maximum atomic E-state index is 5.82. The maximum absolute atomic E-state index is 5.82. The van der Waals surface area contributed by atoms with Crippen molar-refractivity contribution in [3.63, 3.8) is 0 Å². The van der Waals surface area contributed by atoms with Crippen molar-refractivity contribution in [1.29, 1.82) is 0 Å². The highest BCUT2D eigenvalue weighted by Crippen LogP contribution is 2.29. The van der Waals surface area contributed by atoms with Gasteiger partial charge >= 0.3 is 0 Å². The normalized spacial score (nSPS) is 24.5. The second kappa shape index (κ2) is 10.8. The smallest absolute Gasteiger partial charge is 0.130 e. The van der Waals surface area contributed by atoms with Gasteiger partial charge in [0.15, 0.2) is 0 Å². The fourth-order valence-electron chi connectivity index (χ4n) is 4.18. The molecule has 1 aromatic carbocycles. The van der Waals surface area contributed by atoms with Gasteiger partial charge in [-0.3, -0.25) is 4.98 Å². The molecular weight excluding hydrogens is 374 g/mol. The van der Waals surface area contributed by atoms with Gasteiger partial charge in [-0.1, -0.05) is 24.6 Å². The molecule has 2 N–H and O–H groups in total. The van der Waals surface area contributed by atoms with E-state index in [-0.39, 0.29) is 12.4 Å². The van der Waals surface area contributed by atoms with Crippen molar-refractivity contribution < 1.29 is 9.47 Å². The lowest BCUT2D eigenvalue weighted by Gasteiger charge is -2.33. The van der Waals surface area contributed by atoms with Crippen molar-refractivity contribution in [2.24, 2.45) is 5.92 Å². The molecule has 1 aliphatic carbocycles. The number of halogens is 1. The number of hydrogen-bond donors (Lipinski definition) is 2. The van der Waals surface area contributed by atoms with Crippen molar-refractivity contribution in [3.05, 3.63) is 59.9 Å². The Morgan fingerprint density at radius 1 is 1.14 bits per heavy atom. The molecule has 6 heteroatoms. The van der Waals surface area contributed by atoms with E-state index in [4.69, 9.17) is 9.47 Å². The zero-order chi connectivity index (χ0) is 18.3. The summed E-state index contributed by atoms with van der Waals surface area (Å²) in [6, 6.07) is 15.3. The van der Waals surface area contributed by atoms with Gasteiger partial charge in [0.05, 0.1) is 18.9 Å². The molecule has 0 amide bonds. The summed E-state index contributed by atoms with van der Waals surface area (Å²) in [5, 5.41) is 7.41. The summed E-state index contributed by atoms with van der Waals surface area (Å²) < 4.78 is 11.5. The third-order valence-corrected chi connectivity index (χ3v) is 5.64. The third-order valence-electron chi connectivity index (χ3n) is 5.64. The Bertz CT molecular complexity index is 693. The molecule has 28 heavy (non-hydrogen) atoms. The number of aromatic nitrogens is 1. The summed E-state index contributed by atoms with van der Waals surface area (Å²) in [4.78, 5) is 4.28. The van der Waals surface area contributed by atoms with E-state index in [9.17, 15) is 0 Å². The van der Waals surface area contributed by atoms with E-state index in [1.807, 2.05) is 30.3 Å². The molecule has 1 saturated carbocycles. The van der Waals surface area contributed by atoms with E-state index in [0.717, 1.165) is 37.7 Å². The molecule has 2 aliphatic rings. The minimum Gasteiger partial charge on any atom is -0.487 e. The number of benzene rings is 1. The first kappa shape index (κ1) is 21.1. The first-order valence-electron chi connectivity index (χ1n) is 10.0. The number of nitrogens with zero attached hydrogens (tertiary/aromatic N) is 1. The Labute approximate surface area is 173 Å². The van der Waals surface area contributed by atoms with Gasteiger partial charge in [-0.05, 0) is 48.6 Å². The number of ether oxygens (including phenoxy) is 2. The number of rotatable bonds is 7. The van der Waals surface area contributed by atoms with Crippen molar-refractivity contribution in [3.8, 4) is 5.75 Å². The molecule has 1 aromatic heterocycles. The van der Waals surface area contributed by atoms with Crippen LogP contribution in [-0.4, -0.2) is 36.8 Å². The van der Waals surface area contributed by atoms with Crippen molar-refractivity contribution in [1.82, 2.24) is 15.6 Å². The summed E-state index contributed by atoms with van der Waals surface area (Å²) in [6.07, 6.45) is 5.65. The number of nitrogens with one attached hydrogen (secondary N) is 2. The molecule has 5 nitrogen and oxygen atoms in total. The van der Waals surface area contributed by atoms with Crippen LogP contribution in [0.1, 0.15) is 30.5 Å². The predicted octanol–water partition coefficient (Wildman–Crippen LogP) is 3.33. The number of pyridine rings is 1. The summed E-state index contributed by atoms with van der Waals surface area (Å²) in [6.45, 7) is 4.07. The van der Waals surface area contributed by atoms with E-state index in [0.29, 0.717) is 24.6 Å². The minimum atomic E-state index is 0. The average molecular weight is 404 g/mol. The van der Waals surface area contributed by atoms with Gasteiger partial charge in [0.2, 0.25) is 0 Å². The highest BCUT2D eigenvalue weighted by atomic mass is 35.5. The van der Waals surface area contributed by atoms with Gasteiger partial charge in [-0.25, -0.2) is 0 Å². The average Bonchev–Trinajstić information content (AvgIpc) is 3.21. The molecule has 0 radical (unpaired) electrons. The van der Waals surface area contributed by atoms with Crippen molar-refractivity contribution in [2.45, 2.75) is 44.5 Å². The molecule has 2 fully saturated rings. The summed E-state index contributed by atoms with van der Waals surface area (Å²) >= 11 is 0. The Kier molecular flexibility index (Phi) is 8.10. The van der Waals surface area contributed by atoms with Crippen LogP contribution in [0.5, 0.6) is 5.75 Å². The molecule has 1 aliphatic heterocycles. The van der Waals surface area contributed by atoms with Crippen LogP contribution in [0.2, 0.25) is 0 Å². The first-order valence-corrected chi connectivity index (χ1v) is 10.0. The number of hydrogen-bond acceptors (Lipinski definition) is 5. The van der Waals surface area contributed by atoms with Gasteiger partial charge in [0, 0.05) is 31.4 Å². The van der Waals surface area contributed by atoms with E-state index < -0.39 is 0 Å². The minimum absolute atomic E-state index is 0. The van der Waals surface area contributed by atoms with Crippen LogP contribution < -0.4 is 15.4 Å². The molecule has 2 aromatic rings. The van der Waals surface area contributed by atoms with Crippen LogP contribution in [0, 0.1) is 5.92 Å². The topological polar surface area (TPSA) is 55.4 Å². The van der Waals surface area contributed by atoms with Gasteiger partial charge in [-0.2, -0.15) is 0 Å². The number of morpholine rings is 1. The van der Waals surface area contributed by atoms with Gasteiger partial charge < -0.3 is 20.1 Å². The fourth-order valence-corrected chi connectivity index (χ4v) is 4.18. The van der Waals surface area contributed by atoms with Crippen molar-refractivity contribution >= 4 is 12.4 Å². The lowest BCUT2D eigenvalue weighted by molar-refractivity contribution is 0.0524. The second-order valence-electron chi connectivity index (χ2n) is 7.47. The second-order valence-corrected chi connectivity index (χ2v) is 7.47. The molecule has 152 valence electrons. The van der Waals surface area contributed by atoms with Gasteiger partial charge in [0.1, 0.15) is 12.4 Å². The zero-order valence-electron chi connectivity index (χ0n) is 16.2. The maximum Gasteiger partial charge on any atom is 0.130 e. The molecule has 3 atom stereocenters. The quantitative estimate of drug-likeness (QED) is 0.742. The Balaban J connectivity index is 0.00000225. The lowest BCUT2D eigenvalue weighted by atomic mass is 9.94. The van der Waals surface area contributed by atoms with Crippen LogP contribution >= 0.6 is 12.4 Å². The summed E-state index contributed by atoms with van der Waals surface area (Å²) in [5.74, 6) is 1.55. The van der Waals surface area contributed by atoms with Gasteiger partial charge in [-0.15, -0.1) is 12.4 Å². The Hall–Kier alpha value is -1.66. The third kappa shape index (κ3) is 5.67. The monoisotopic (exact) mass is 403 g/mol. The Morgan fingerprint density at radius 2 is 2.04 bits per heavy atom. The fraction of sp³-hybridized carbons (Fsp3) is 0.500. The molecule has 2 heterocycles. The SMILES string of the molecule is Cl.c1ccc(COc2ccc(CNC3CCCC3C3COCCN3)cc2)nc1. The van der Waals surface area contributed by atoms with Gasteiger partial charge in [0.25, 0.3) is 0 Å². The molecule has 0 bridgehead atoms. The zero-order valence-corrected chi connectivity index (χ0v) is 17.0. The van der Waals surface area contributed by atoms with Crippen LogP contribution in [-0.2, 0) is 17.9 Å². The molecule has 3 unspecified atom stereocenters. The van der Waals surface area contributed by atoms with E-state index in [1.165, 1.54) is 24.8 Å². The lowest BCUT2D eigenvalue weighted by Crippen LogP contribution is -2.50. The Morgan fingerprint density at radius 3 is 2.79 bits per heavy atom. The first-order chi connectivity index (χ1) is 13.4. The molecule has 0 spiro atoms. The molecule has 4 rings (SSSR count). The summed E-state index contributed by atoms with van der Waals surface area (Å²) in [7, 11) is 0. The van der Waals surface area contributed by atoms with E-state index >= 15 is 0 Å². The molecular formula is C22H30ClN3O2. The van der Waals surface area contributed by atoms with E-state index in [1.54, 1.807) is 6.20 Å². The molecule has 1 saturated heterocycles. The largest absolute Gasteiger partial charge is 0.487 e. The standard InChI is InChI=1S/C22H29N3O2.ClH/c1-2-11-23-18(4-1)15-27-19-9-7-17(8-10-19)14-25-21-6-3-5-20(21)22-16-26-13-12-24-22;/h1-2,4,7-11,20-22,24-25H,3,5-6,12-16H2;1H.